The zero-order valence-electron chi connectivity index (χ0n) is 14.2. The van der Waals surface area contributed by atoms with Crippen LogP contribution in [-0.4, -0.2) is 24.5 Å². The van der Waals surface area contributed by atoms with Crippen molar-refractivity contribution in [1.82, 2.24) is 0 Å². The van der Waals surface area contributed by atoms with Gasteiger partial charge in [-0.25, -0.2) is 0 Å². The predicted molar refractivity (Wildman–Crippen MR) is 98.0 cm³/mol. The van der Waals surface area contributed by atoms with Crippen LogP contribution in [0, 0.1) is 0 Å². The summed E-state index contributed by atoms with van der Waals surface area (Å²) in [5, 5.41) is 10.2. The standard InChI is InChI=1S/C20H23NO3/c1-4-8-16-11-15(12-19(20(16)22)24-6-3)14-21-17-9-7-10-18(13-17)23-5-2/h4,7,9-14,22H,1,5-6,8H2,2-3H3. The Kier molecular flexibility index (Phi) is 6.43. The van der Waals surface area contributed by atoms with Crippen molar-refractivity contribution in [2.24, 2.45) is 4.99 Å². The fourth-order valence-corrected chi connectivity index (χ4v) is 2.31. The van der Waals surface area contributed by atoms with Crippen LogP contribution in [0.1, 0.15) is 25.0 Å². The number of benzene rings is 2. The van der Waals surface area contributed by atoms with Gasteiger partial charge >= 0.3 is 0 Å². The monoisotopic (exact) mass is 325 g/mol. The molecule has 0 bridgehead atoms. The summed E-state index contributed by atoms with van der Waals surface area (Å²) in [6, 6.07) is 11.3. The third kappa shape index (κ3) is 4.62. The van der Waals surface area contributed by atoms with Crippen LogP contribution in [0.25, 0.3) is 0 Å². The number of hydrogen-bond donors (Lipinski definition) is 1. The van der Waals surface area contributed by atoms with E-state index in [1.54, 1.807) is 18.4 Å². The quantitative estimate of drug-likeness (QED) is 0.567. The van der Waals surface area contributed by atoms with E-state index in [-0.39, 0.29) is 5.75 Å². The number of allylic oxidation sites excluding steroid dienone is 1. The Labute approximate surface area is 143 Å². The number of phenolic OH excluding ortho intramolecular Hbond substituents is 1. The first-order chi connectivity index (χ1) is 11.7. The lowest BCUT2D eigenvalue weighted by atomic mass is 10.1. The minimum atomic E-state index is 0.159. The van der Waals surface area contributed by atoms with Gasteiger partial charge in [0.2, 0.25) is 0 Å². The summed E-state index contributed by atoms with van der Waals surface area (Å²) in [7, 11) is 0. The van der Waals surface area contributed by atoms with E-state index in [4.69, 9.17) is 9.47 Å². The average molecular weight is 325 g/mol. The van der Waals surface area contributed by atoms with Gasteiger partial charge in [0.1, 0.15) is 5.75 Å². The van der Waals surface area contributed by atoms with Gasteiger partial charge in [-0.05, 0) is 50.1 Å². The van der Waals surface area contributed by atoms with E-state index < -0.39 is 0 Å². The molecule has 0 fully saturated rings. The first-order valence-electron chi connectivity index (χ1n) is 8.04. The van der Waals surface area contributed by atoms with Crippen molar-refractivity contribution in [3.05, 3.63) is 60.2 Å². The molecule has 0 aliphatic rings. The summed E-state index contributed by atoms with van der Waals surface area (Å²) in [6.07, 6.45) is 4.06. The average Bonchev–Trinajstić information content (AvgIpc) is 2.58. The molecule has 0 spiro atoms. The van der Waals surface area contributed by atoms with Crippen LogP contribution < -0.4 is 9.47 Å². The number of ether oxygens (including phenoxy) is 2. The Morgan fingerprint density at radius 3 is 2.62 bits per heavy atom. The molecule has 0 saturated heterocycles. The van der Waals surface area contributed by atoms with E-state index in [1.165, 1.54) is 0 Å². The van der Waals surface area contributed by atoms with Crippen LogP contribution in [0.3, 0.4) is 0 Å². The predicted octanol–water partition coefficient (Wildman–Crippen LogP) is 4.67. The Bertz CT molecular complexity index is 723. The zero-order valence-corrected chi connectivity index (χ0v) is 14.2. The SMILES string of the molecule is C=CCc1cc(C=Nc2cccc(OCC)c2)cc(OCC)c1O. The highest BCUT2D eigenvalue weighted by molar-refractivity contribution is 5.83. The molecule has 0 radical (unpaired) electrons. The summed E-state index contributed by atoms with van der Waals surface area (Å²) in [5.41, 5.74) is 2.42. The molecule has 0 aliphatic carbocycles. The lowest BCUT2D eigenvalue weighted by molar-refractivity contribution is 0.317. The van der Waals surface area contributed by atoms with Gasteiger partial charge < -0.3 is 14.6 Å². The molecule has 0 amide bonds. The summed E-state index contributed by atoms with van der Waals surface area (Å²) >= 11 is 0. The fraction of sp³-hybridized carbons (Fsp3) is 0.250. The van der Waals surface area contributed by atoms with Crippen LogP contribution in [0.2, 0.25) is 0 Å². The molecular weight excluding hydrogens is 302 g/mol. The van der Waals surface area contributed by atoms with Crippen molar-refractivity contribution in [2.45, 2.75) is 20.3 Å². The van der Waals surface area contributed by atoms with E-state index in [1.807, 2.05) is 44.2 Å². The zero-order chi connectivity index (χ0) is 17.4. The third-order valence-electron chi connectivity index (χ3n) is 3.33. The van der Waals surface area contributed by atoms with Gasteiger partial charge in [0.05, 0.1) is 18.9 Å². The highest BCUT2D eigenvalue weighted by Crippen LogP contribution is 2.32. The van der Waals surface area contributed by atoms with Crippen LogP contribution in [0.15, 0.2) is 54.0 Å². The van der Waals surface area contributed by atoms with E-state index in [0.717, 1.165) is 22.6 Å². The highest BCUT2D eigenvalue weighted by Gasteiger charge is 2.09. The van der Waals surface area contributed by atoms with Crippen LogP contribution >= 0.6 is 0 Å². The molecule has 24 heavy (non-hydrogen) atoms. The Morgan fingerprint density at radius 2 is 1.92 bits per heavy atom. The number of aromatic hydroxyl groups is 1. The molecule has 2 aromatic rings. The molecule has 0 heterocycles. The van der Waals surface area contributed by atoms with Crippen molar-refractivity contribution >= 4 is 11.9 Å². The smallest absolute Gasteiger partial charge is 0.161 e. The molecule has 0 atom stereocenters. The number of nitrogens with zero attached hydrogens (tertiary/aromatic N) is 1. The van der Waals surface area contributed by atoms with Gasteiger partial charge in [0, 0.05) is 17.8 Å². The largest absolute Gasteiger partial charge is 0.504 e. The molecule has 126 valence electrons. The molecule has 1 N–H and O–H groups in total. The highest BCUT2D eigenvalue weighted by atomic mass is 16.5. The second-order valence-electron chi connectivity index (χ2n) is 5.14. The molecule has 0 aliphatic heterocycles. The van der Waals surface area contributed by atoms with Crippen LogP contribution in [-0.2, 0) is 6.42 Å². The maximum Gasteiger partial charge on any atom is 0.161 e. The second-order valence-corrected chi connectivity index (χ2v) is 5.14. The third-order valence-corrected chi connectivity index (χ3v) is 3.33. The summed E-state index contributed by atoms with van der Waals surface area (Å²) < 4.78 is 11.0. The van der Waals surface area contributed by atoms with Crippen LogP contribution in [0.4, 0.5) is 5.69 Å². The van der Waals surface area contributed by atoms with E-state index in [0.29, 0.717) is 25.4 Å². The van der Waals surface area contributed by atoms with Gasteiger partial charge in [0.25, 0.3) is 0 Å². The van der Waals surface area contributed by atoms with E-state index in [9.17, 15) is 5.11 Å². The molecule has 0 aromatic heterocycles. The van der Waals surface area contributed by atoms with Gasteiger partial charge in [-0.2, -0.15) is 0 Å². The number of phenols is 1. The Morgan fingerprint density at radius 1 is 1.12 bits per heavy atom. The van der Waals surface area contributed by atoms with Gasteiger partial charge in [-0.1, -0.05) is 12.1 Å². The Hall–Kier alpha value is -2.75. The topological polar surface area (TPSA) is 51.0 Å². The van der Waals surface area contributed by atoms with Crippen molar-refractivity contribution < 1.29 is 14.6 Å². The van der Waals surface area contributed by atoms with Crippen molar-refractivity contribution in [1.29, 1.82) is 0 Å². The fourth-order valence-electron chi connectivity index (χ4n) is 2.31. The molecule has 2 aromatic carbocycles. The second kappa shape index (κ2) is 8.77. The van der Waals surface area contributed by atoms with Crippen molar-refractivity contribution in [3.63, 3.8) is 0 Å². The van der Waals surface area contributed by atoms with Gasteiger partial charge in [-0.15, -0.1) is 6.58 Å². The van der Waals surface area contributed by atoms with Crippen LogP contribution in [0.5, 0.6) is 17.2 Å². The first-order valence-corrected chi connectivity index (χ1v) is 8.04. The lowest BCUT2D eigenvalue weighted by Crippen LogP contribution is -1.96. The summed E-state index contributed by atoms with van der Waals surface area (Å²) in [6.45, 7) is 8.66. The van der Waals surface area contributed by atoms with E-state index in [2.05, 4.69) is 11.6 Å². The maximum absolute atomic E-state index is 10.2. The molecule has 4 heteroatoms. The minimum Gasteiger partial charge on any atom is -0.504 e. The van der Waals surface area contributed by atoms with Crippen molar-refractivity contribution in [2.75, 3.05) is 13.2 Å². The minimum absolute atomic E-state index is 0.159. The van der Waals surface area contributed by atoms with Crippen molar-refractivity contribution in [3.8, 4) is 17.2 Å². The summed E-state index contributed by atoms with van der Waals surface area (Å²) in [4.78, 5) is 4.48. The molecule has 0 saturated carbocycles. The van der Waals surface area contributed by atoms with Gasteiger partial charge in [-0.3, -0.25) is 4.99 Å². The Balaban J connectivity index is 2.30. The number of hydrogen-bond acceptors (Lipinski definition) is 4. The molecule has 2 rings (SSSR count). The number of aliphatic imine (C=N–C) groups is 1. The lowest BCUT2D eigenvalue weighted by Gasteiger charge is -2.11. The molecule has 4 nitrogen and oxygen atoms in total. The first kappa shape index (κ1) is 17.6. The maximum atomic E-state index is 10.2. The van der Waals surface area contributed by atoms with Gasteiger partial charge in [0.15, 0.2) is 11.5 Å². The normalized spacial score (nSPS) is 10.8. The van der Waals surface area contributed by atoms with E-state index >= 15 is 0 Å². The number of rotatable bonds is 8. The molecule has 0 unspecified atom stereocenters. The summed E-state index contributed by atoms with van der Waals surface area (Å²) in [5.74, 6) is 1.41. The molecular formula is C20H23NO3.